The number of nitrogens with one attached hydrogen (secondary N) is 2. The molecule has 0 spiro atoms. The maximum atomic E-state index is 13.2. The van der Waals surface area contributed by atoms with E-state index in [-0.39, 0.29) is 11.5 Å². The second-order valence-electron chi connectivity index (χ2n) is 8.47. The minimum absolute atomic E-state index is 0.101. The molecule has 7 nitrogen and oxygen atoms in total. The molecule has 0 aliphatic carbocycles. The monoisotopic (exact) mass is 458 g/mol. The number of fused-ring (bicyclic) bond motifs is 3. The predicted octanol–water partition coefficient (Wildman–Crippen LogP) is 3.27. The van der Waals surface area contributed by atoms with Gasteiger partial charge in [-0.3, -0.25) is 14.3 Å². The standard InChI is InChI=1S/C25H23ClN6O/c26-21-12-19(3-5-23(21)31-9-7-27-8-10-31)32-24(33)6-2-17-13-28-22-4-1-16(11-20(22)25(17)32)18-14-29-30-15-18/h1-6,11-14,18,27,30H,7-10,15H2. The summed E-state index contributed by atoms with van der Waals surface area (Å²) in [5.41, 5.74) is 7.48. The first kappa shape index (κ1) is 20.2. The van der Waals surface area contributed by atoms with Crippen molar-refractivity contribution in [1.82, 2.24) is 20.3 Å². The van der Waals surface area contributed by atoms with Crippen molar-refractivity contribution < 1.29 is 0 Å². The molecule has 0 bridgehead atoms. The zero-order valence-corrected chi connectivity index (χ0v) is 18.7. The smallest absolute Gasteiger partial charge is 0.255 e. The van der Waals surface area contributed by atoms with E-state index in [1.54, 1.807) is 10.6 Å². The van der Waals surface area contributed by atoms with Gasteiger partial charge in [-0.1, -0.05) is 17.7 Å². The summed E-state index contributed by atoms with van der Waals surface area (Å²) in [5.74, 6) is 0.196. The lowest BCUT2D eigenvalue weighted by Crippen LogP contribution is -2.43. The number of halogens is 1. The largest absolute Gasteiger partial charge is 0.368 e. The fourth-order valence-corrected chi connectivity index (χ4v) is 5.06. The van der Waals surface area contributed by atoms with Gasteiger partial charge in [0.25, 0.3) is 5.56 Å². The van der Waals surface area contributed by atoms with E-state index in [1.165, 1.54) is 0 Å². The molecule has 4 heterocycles. The molecule has 1 saturated heterocycles. The average Bonchev–Trinajstić information content (AvgIpc) is 3.39. The molecular formula is C25H23ClN6O. The summed E-state index contributed by atoms with van der Waals surface area (Å²) in [7, 11) is 0. The van der Waals surface area contributed by atoms with Crippen molar-refractivity contribution in [2.75, 3.05) is 37.6 Å². The van der Waals surface area contributed by atoms with Gasteiger partial charge in [0.05, 0.1) is 27.4 Å². The van der Waals surface area contributed by atoms with Gasteiger partial charge in [-0.2, -0.15) is 5.10 Å². The van der Waals surface area contributed by atoms with Gasteiger partial charge in [0.2, 0.25) is 0 Å². The predicted molar refractivity (Wildman–Crippen MR) is 134 cm³/mol. The molecule has 2 aromatic heterocycles. The lowest BCUT2D eigenvalue weighted by atomic mass is 9.98. The summed E-state index contributed by atoms with van der Waals surface area (Å²) in [6, 6.07) is 15.5. The minimum Gasteiger partial charge on any atom is -0.368 e. The molecule has 4 aromatic rings. The molecule has 8 heteroatoms. The van der Waals surface area contributed by atoms with Crippen molar-refractivity contribution in [2.24, 2.45) is 5.10 Å². The zero-order valence-electron chi connectivity index (χ0n) is 18.0. The number of nitrogens with zero attached hydrogens (tertiary/aromatic N) is 4. The van der Waals surface area contributed by atoms with Crippen LogP contribution in [0.5, 0.6) is 0 Å². The number of hydrazone groups is 1. The van der Waals surface area contributed by atoms with Gasteiger partial charge in [-0.05, 0) is 42.0 Å². The maximum absolute atomic E-state index is 13.2. The minimum atomic E-state index is -0.101. The van der Waals surface area contributed by atoms with Crippen molar-refractivity contribution in [1.29, 1.82) is 0 Å². The first-order valence-corrected chi connectivity index (χ1v) is 11.5. The molecule has 2 aliphatic heterocycles. The Morgan fingerprint density at radius 3 is 2.70 bits per heavy atom. The van der Waals surface area contributed by atoms with Crippen LogP contribution in [0.2, 0.25) is 5.02 Å². The molecule has 1 unspecified atom stereocenters. The number of hydrogen-bond acceptors (Lipinski definition) is 6. The molecule has 6 rings (SSSR count). The quantitative estimate of drug-likeness (QED) is 0.461. The van der Waals surface area contributed by atoms with Crippen LogP contribution in [0.15, 0.2) is 64.6 Å². The van der Waals surface area contributed by atoms with Crippen LogP contribution >= 0.6 is 11.6 Å². The van der Waals surface area contributed by atoms with E-state index >= 15 is 0 Å². The first-order chi connectivity index (χ1) is 16.2. The lowest BCUT2D eigenvalue weighted by Gasteiger charge is -2.30. The Morgan fingerprint density at radius 1 is 1.03 bits per heavy atom. The molecule has 2 N–H and O–H groups in total. The van der Waals surface area contributed by atoms with Crippen LogP contribution in [0.3, 0.4) is 0 Å². The second-order valence-corrected chi connectivity index (χ2v) is 8.87. The normalized spacial score (nSPS) is 18.2. The van der Waals surface area contributed by atoms with Crippen LogP contribution in [0.4, 0.5) is 5.69 Å². The van der Waals surface area contributed by atoms with Crippen LogP contribution in [0.25, 0.3) is 27.5 Å². The zero-order chi connectivity index (χ0) is 22.4. The van der Waals surface area contributed by atoms with Gasteiger partial charge in [0, 0.05) is 67.9 Å². The molecule has 166 valence electrons. The number of anilines is 1. The molecule has 2 aromatic carbocycles. The summed E-state index contributed by atoms with van der Waals surface area (Å²) in [6.45, 7) is 4.45. The second kappa shape index (κ2) is 8.17. The average molecular weight is 459 g/mol. The van der Waals surface area contributed by atoms with Crippen molar-refractivity contribution in [3.63, 3.8) is 0 Å². The van der Waals surface area contributed by atoms with Gasteiger partial charge >= 0.3 is 0 Å². The fourth-order valence-electron chi connectivity index (χ4n) is 4.76. The van der Waals surface area contributed by atoms with Crippen LogP contribution in [0.1, 0.15) is 11.5 Å². The summed E-state index contributed by atoms with van der Waals surface area (Å²) in [6.07, 6.45) is 3.74. The SMILES string of the molecule is O=c1ccc2cnc3ccc(C4C=NNC4)cc3c2n1-c1ccc(N2CCNCC2)c(Cl)c1. The van der Waals surface area contributed by atoms with Gasteiger partial charge in [-0.15, -0.1) is 0 Å². The Balaban J connectivity index is 1.55. The first-order valence-electron chi connectivity index (χ1n) is 11.1. The summed E-state index contributed by atoms with van der Waals surface area (Å²) < 4.78 is 1.75. The van der Waals surface area contributed by atoms with E-state index in [1.807, 2.05) is 42.7 Å². The highest BCUT2D eigenvalue weighted by atomic mass is 35.5. The van der Waals surface area contributed by atoms with Gasteiger partial charge < -0.3 is 15.6 Å². The summed E-state index contributed by atoms with van der Waals surface area (Å²) in [4.78, 5) is 20.1. The van der Waals surface area contributed by atoms with E-state index in [4.69, 9.17) is 11.6 Å². The Morgan fingerprint density at radius 2 is 1.91 bits per heavy atom. The van der Waals surface area contributed by atoms with Crippen molar-refractivity contribution in [3.05, 3.63) is 75.7 Å². The Bertz CT molecular complexity index is 1460. The molecule has 33 heavy (non-hydrogen) atoms. The third kappa shape index (κ3) is 3.53. The van der Waals surface area contributed by atoms with E-state index in [0.717, 1.165) is 71.5 Å². The van der Waals surface area contributed by atoms with Crippen LogP contribution in [-0.2, 0) is 0 Å². The third-order valence-corrected chi connectivity index (χ3v) is 6.78. The summed E-state index contributed by atoms with van der Waals surface area (Å²) >= 11 is 6.73. The van der Waals surface area contributed by atoms with E-state index in [9.17, 15) is 4.79 Å². The van der Waals surface area contributed by atoms with Crippen molar-refractivity contribution in [3.8, 4) is 5.69 Å². The molecule has 1 atom stereocenters. The van der Waals surface area contributed by atoms with Gasteiger partial charge in [-0.25, -0.2) is 0 Å². The van der Waals surface area contributed by atoms with E-state index < -0.39 is 0 Å². The molecule has 0 radical (unpaired) electrons. The highest BCUT2D eigenvalue weighted by Crippen LogP contribution is 2.32. The van der Waals surface area contributed by atoms with Crippen LogP contribution in [0, 0.1) is 0 Å². The van der Waals surface area contributed by atoms with Gasteiger partial charge in [0.15, 0.2) is 0 Å². The van der Waals surface area contributed by atoms with Crippen LogP contribution < -0.4 is 21.2 Å². The van der Waals surface area contributed by atoms with E-state index in [0.29, 0.717) is 5.02 Å². The van der Waals surface area contributed by atoms with Crippen molar-refractivity contribution >= 4 is 45.3 Å². The Kier molecular flexibility index (Phi) is 5.00. The van der Waals surface area contributed by atoms with E-state index in [2.05, 4.69) is 37.9 Å². The third-order valence-electron chi connectivity index (χ3n) is 6.47. The number of rotatable bonds is 3. The highest BCUT2D eigenvalue weighted by Gasteiger charge is 2.18. The topological polar surface area (TPSA) is 74.5 Å². The fraction of sp³-hybridized carbons (Fsp3) is 0.240. The molecule has 0 saturated carbocycles. The summed E-state index contributed by atoms with van der Waals surface area (Å²) in [5, 5.41) is 10.00. The Labute approximate surface area is 195 Å². The highest BCUT2D eigenvalue weighted by molar-refractivity contribution is 6.33. The number of piperazine rings is 1. The molecule has 0 amide bonds. The molecular weight excluding hydrogens is 436 g/mol. The van der Waals surface area contributed by atoms with Crippen molar-refractivity contribution in [2.45, 2.75) is 5.92 Å². The van der Waals surface area contributed by atoms with Gasteiger partial charge in [0.1, 0.15) is 0 Å². The van der Waals surface area contributed by atoms with Crippen LogP contribution in [-0.4, -0.2) is 48.5 Å². The number of hydrogen-bond donors (Lipinski definition) is 2. The molecule has 2 aliphatic rings. The number of benzene rings is 2. The number of pyridine rings is 2. The molecule has 1 fully saturated rings. The number of aromatic nitrogens is 2. The maximum Gasteiger partial charge on any atom is 0.255 e. The Hall–Kier alpha value is -3.42. The lowest BCUT2D eigenvalue weighted by molar-refractivity contribution is 0.589.